The second-order valence-corrected chi connectivity index (χ2v) is 7.75. The Morgan fingerprint density at radius 3 is 2.45 bits per heavy atom. The van der Waals surface area contributed by atoms with Crippen molar-refractivity contribution in [3.63, 3.8) is 0 Å². The first-order chi connectivity index (χ1) is 9.43. The summed E-state index contributed by atoms with van der Waals surface area (Å²) in [6.45, 7) is 7.16. The van der Waals surface area contributed by atoms with Crippen molar-refractivity contribution in [2.75, 3.05) is 0 Å². The van der Waals surface area contributed by atoms with Gasteiger partial charge in [-0.3, -0.25) is 0 Å². The SMILES string of the molecule is CC12CCC(C/C1=N/N=C/c1ccc(Br)cc1)C2(C)C. The lowest BCUT2D eigenvalue weighted by molar-refractivity contribution is 0.194. The molecule has 0 radical (unpaired) electrons. The van der Waals surface area contributed by atoms with E-state index in [1.165, 1.54) is 18.6 Å². The van der Waals surface area contributed by atoms with E-state index >= 15 is 0 Å². The van der Waals surface area contributed by atoms with Gasteiger partial charge in [0.2, 0.25) is 0 Å². The minimum absolute atomic E-state index is 0.245. The molecule has 2 fully saturated rings. The highest BCUT2D eigenvalue weighted by Gasteiger charge is 2.59. The average molecular weight is 333 g/mol. The van der Waals surface area contributed by atoms with Gasteiger partial charge in [0, 0.05) is 15.6 Å². The third kappa shape index (κ3) is 2.07. The number of fused-ring (bicyclic) bond motifs is 2. The molecule has 2 unspecified atom stereocenters. The third-order valence-corrected chi connectivity index (χ3v) is 6.30. The van der Waals surface area contributed by atoms with Crippen molar-refractivity contribution in [1.29, 1.82) is 0 Å². The smallest absolute Gasteiger partial charge is 0.0568 e. The van der Waals surface area contributed by atoms with Crippen LogP contribution in [0.2, 0.25) is 0 Å². The fraction of sp³-hybridized carbons (Fsp3) is 0.529. The standard InChI is InChI=1S/C17H21BrN2/c1-16(2)13-8-9-17(16,3)15(10-13)20-19-11-12-4-6-14(18)7-5-12/h4-7,11,13H,8-10H2,1-3H3/b19-11+,20-15-. The number of hydrogen-bond donors (Lipinski definition) is 0. The molecule has 2 aliphatic rings. The van der Waals surface area contributed by atoms with Crippen molar-refractivity contribution < 1.29 is 0 Å². The predicted molar refractivity (Wildman–Crippen MR) is 88.4 cm³/mol. The molecule has 20 heavy (non-hydrogen) atoms. The summed E-state index contributed by atoms with van der Waals surface area (Å²) in [5.41, 5.74) is 3.01. The molecule has 0 N–H and O–H groups in total. The van der Waals surface area contributed by atoms with Gasteiger partial charge in [-0.25, -0.2) is 0 Å². The minimum atomic E-state index is 0.245. The largest absolute Gasteiger partial charge is 0.160 e. The van der Waals surface area contributed by atoms with Gasteiger partial charge < -0.3 is 0 Å². The maximum absolute atomic E-state index is 4.57. The Morgan fingerprint density at radius 2 is 1.90 bits per heavy atom. The molecule has 0 aliphatic heterocycles. The van der Waals surface area contributed by atoms with E-state index in [4.69, 9.17) is 0 Å². The predicted octanol–water partition coefficient (Wildman–Crippen LogP) is 5.07. The van der Waals surface area contributed by atoms with Crippen LogP contribution in [0.15, 0.2) is 38.9 Å². The Hall–Kier alpha value is -0.960. The molecule has 106 valence electrons. The second-order valence-electron chi connectivity index (χ2n) is 6.84. The summed E-state index contributed by atoms with van der Waals surface area (Å²) >= 11 is 3.44. The summed E-state index contributed by atoms with van der Waals surface area (Å²) in [4.78, 5) is 0. The van der Waals surface area contributed by atoms with Crippen molar-refractivity contribution in [3.8, 4) is 0 Å². The van der Waals surface area contributed by atoms with Crippen LogP contribution in [0.3, 0.4) is 0 Å². The molecule has 1 aromatic rings. The van der Waals surface area contributed by atoms with Gasteiger partial charge in [-0.1, -0.05) is 48.8 Å². The normalized spacial score (nSPS) is 33.4. The van der Waals surface area contributed by atoms with Crippen LogP contribution in [0.25, 0.3) is 0 Å². The van der Waals surface area contributed by atoms with Gasteiger partial charge in [-0.15, -0.1) is 0 Å². The van der Waals surface area contributed by atoms with Crippen LogP contribution in [0.1, 0.15) is 45.6 Å². The summed E-state index contributed by atoms with van der Waals surface area (Å²) in [5.74, 6) is 0.786. The highest BCUT2D eigenvalue weighted by Crippen LogP contribution is 2.63. The molecule has 0 heterocycles. The molecular weight excluding hydrogens is 312 g/mol. The summed E-state index contributed by atoms with van der Waals surface area (Å²) in [5, 5.41) is 8.90. The van der Waals surface area contributed by atoms with E-state index in [1.54, 1.807) is 0 Å². The molecule has 2 bridgehead atoms. The topological polar surface area (TPSA) is 24.7 Å². The van der Waals surface area contributed by atoms with E-state index < -0.39 is 0 Å². The summed E-state index contributed by atoms with van der Waals surface area (Å²) in [6.07, 6.45) is 5.58. The second kappa shape index (κ2) is 4.80. The average Bonchev–Trinajstić information content (AvgIpc) is 2.74. The fourth-order valence-electron chi connectivity index (χ4n) is 3.79. The lowest BCUT2D eigenvalue weighted by atomic mass is 9.70. The van der Waals surface area contributed by atoms with Crippen LogP contribution in [-0.4, -0.2) is 11.9 Å². The molecule has 3 rings (SSSR count). The molecule has 0 aromatic heterocycles. The van der Waals surface area contributed by atoms with Crippen LogP contribution in [0, 0.1) is 16.7 Å². The Labute approximate surface area is 129 Å². The Balaban J connectivity index is 1.79. The molecule has 2 saturated carbocycles. The van der Waals surface area contributed by atoms with E-state index in [0.29, 0.717) is 5.41 Å². The van der Waals surface area contributed by atoms with E-state index in [-0.39, 0.29) is 5.41 Å². The van der Waals surface area contributed by atoms with Crippen LogP contribution < -0.4 is 0 Å². The summed E-state index contributed by atoms with van der Waals surface area (Å²) in [6, 6.07) is 8.13. The van der Waals surface area contributed by atoms with Gasteiger partial charge in [-0.2, -0.15) is 10.2 Å². The molecule has 0 amide bonds. The van der Waals surface area contributed by atoms with Crippen LogP contribution in [-0.2, 0) is 0 Å². The van der Waals surface area contributed by atoms with Crippen molar-refractivity contribution in [3.05, 3.63) is 34.3 Å². The summed E-state index contributed by atoms with van der Waals surface area (Å²) in [7, 11) is 0. The van der Waals surface area contributed by atoms with Gasteiger partial charge >= 0.3 is 0 Å². The van der Waals surface area contributed by atoms with Crippen molar-refractivity contribution in [1.82, 2.24) is 0 Å². The Kier molecular flexibility index (Phi) is 3.36. The molecule has 1 aromatic carbocycles. The quantitative estimate of drug-likeness (QED) is 0.533. The highest BCUT2D eigenvalue weighted by atomic mass is 79.9. The van der Waals surface area contributed by atoms with Crippen molar-refractivity contribution in [2.24, 2.45) is 27.0 Å². The fourth-order valence-corrected chi connectivity index (χ4v) is 4.06. The zero-order chi connectivity index (χ0) is 14.4. The van der Waals surface area contributed by atoms with Gasteiger partial charge in [0.25, 0.3) is 0 Å². The lowest BCUT2D eigenvalue weighted by Gasteiger charge is -2.34. The van der Waals surface area contributed by atoms with Crippen LogP contribution >= 0.6 is 15.9 Å². The van der Waals surface area contributed by atoms with Gasteiger partial charge in [0.1, 0.15) is 0 Å². The number of halogens is 1. The Morgan fingerprint density at radius 1 is 1.20 bits per heavy atom. The van der Waals surface area contributed by atoms with E-state index in [1.807, 2.05) is 30.5 Å². The zero-order valence-electron chi connectivity index (χ0n) is 12.4. The molecule has 2 aliphatic carbocycles. The molecular formula is C17H21BrN2. The van der Waals surface area contributed by atoms with Gasteiger partial charge in [0.15, 0.2) is 0 Å². The number of nitrogens with zero attached hydrogens (tertiary/aromatic N) is 2. The van der Waals surface area contributed by atoms with Gasteiger partial charge in [-0.05, 0) is 48.3 Å². The van der Waals surface area contributed by atoms with E-state index in [2.05, 4.69) is 46.9 Å². The monoisotopic (exact) mass is 332 g/mol. The lowest BCUT2D eigenvalue weighted by Crippen LogP contribution is -2.32. The maximum atomic E-state index is 4.57. The van der Waals surface area contributed by atoms with E-state index in [0.717, 1.165) is 22.4 Å². The first-order valence-electron chi connectivity index (χ1n) is 7.29. The summed E-state index contributed by atoms with van der Waals surface area (Å²) < 4.78 is 1.09. The zero-order valence-corrected chi connectivity index (χ0v) is 13.9. The molecule has 0 saturated heterocycles. The number of benzene rings is 1. The minimum Gasteiger partial charge on any atom is -0.160 e. The maximum Gasteiger partial charge on any atom is 0.0568 e. The molecule has 2 nitrogen and oxygen atoms in total. The van der Waals surface area contributed by atoms with Crippen LogP contribution in [0.5, 0.6) is 0 Å². The molecule has 2 atom stereocenters. The highest BCUT2D eigenvalue weighted by molar-refractivity contribution is 9.10. The number of hydrogen-bond acceptors (Lipinski definition) is 2. The first kappa shape index (κ1) is 14.0. The van der Waals surface area contributed by atoms with Crippen molar-refractivity contribution in [2.45, 2.75) is 40.0 Å². The van der Waals surface area contributed by atoms with Gasteiger partial charge in [0.05, 0.1) is 6.21 Å². The van der Waals surface area contributed by atoms with Crippen LogP contribution in [0.4, 0.5) is 0 Å². The Bertz CT molecular complexity index is 571. The first-order valence-corrected chi connectivity index (χ1v) is 8.09. The molecule has 0 spiro atoms. The van der Waals surface area contributed by atoms with E-state index in [9.17, 15) is 0 Å². The third-order valence-electron chi connectivity index (χ3n) is 5.77. The molecule has 3 heteroatoms. The van der Waals surface area contributed by atoms with Crippen molar-refractivity contribution >= 4 is 27.9 Å². The number of rotatable bonds is 2.